The van der Waals surface area contributed by atoms with Crippen LogP contribution in [0.25, 0.3) is 0 Å². The van der Waals surface area contributed by atoms with Gasteiger partial charge in [-0.1, -0.05) is 30.3 Å². The first kappa shape index (κ1) is 15.3. The number of ether oxygens (including phenoxy) is 1. The van der Waals surface area contributed by atoms with Crippen molar-refractivity contribution in [2.24, 2.45) is 0 Å². The van der Waals surface area contributed by atoms with Gasteiger partial charge in [0.05, 0.1) is 24.4 Å². The van der Waals surface area contributed by atoms with E-state index in [-0.39, 0.29) is 16.9 Å². The molecule has 4 heteroatoms. The molecule has 0 bridgehead atoms. The van der Waals surface area contributed by atoms with Crippen LogP contribution in [0.2, 0.25) is 0 Å². The second-order valence-electron chi connectivity index (χ2n) is 6.61. The van der Waals surface area contributed by atoms with E-state index in [0.717, 1.165) is 12.8 Å². The zero-order valence-electron chi connectivity index (χ0n) is 13.7. The highest BCUT2D eigenvalue weighted by Crippen LogP contribution is 2.43. The van der Waals surface area contributed by atoms with Crippen molar-refractivity contribution in [1.82, 2.24) is 0 Å². The predicted molar refractivity (Wildman–Crippen MR) is 91.0 cm³/mol. The van der Waals surface area contributed by atoms with Crippen LogP contribution in [0.3, 0.4) is 0 Å². The van der Waals surface area contributed by atoms with Crippen LogP contribution in [0.4, 0.5) is 10.1 Å². The molecular formula is C20H20FNO2. The van der Waals surface area contributed by atoms with E-state index in [4.69, 9.17) is 4.74 Å². The van der Waals surface area contributed by atoms with Gasteiger partial charge in [-0.2, -0.15) is 0 Å². The number of morpholine rings is 1. The summed E-state index contributed by atoms with van der Waals surface area (Å²) in [4.78, 5) is 14.0. The molecule has 1 unspecified atom stereocenters. The molecule has 1 fully saturated rings. The van der Waals surface area contributed by atoms with Crippen LogP contribution in [-0.4, -0.2) is 25.5 Å². The first-order valence-corrected chi connectivity index (χ1v) is 8.37. The van der Waals surface area contributed by atoms with Crippen LogP contribution in [-0.2, 0) is 16.8 Å². The minimum absolute atomic E-state index is 0.181. The van der Waals surface area contributed by atoms with Gasteiger partial charge in [-0.25, -0.2) is 4.39 Å². The number of Topliss-reactive ketones (excluding diaryl/α,β-unsaturated/α-hetero) is 1. The fourth-order valence-electron chi connectivity index (χ4n) is 4.08. The molecule has 1 aliphatic carbocycles. The molecule has 0 saturated carbocycles. The summed E-state index contributed by atoms with van der Waals surface area (Å²) in [6.07, 6.45) is 1.92. The van der Waals surface area contributed by atoms with Crippen LogP contribution in [0, 0.1) is 5.82 Å². The fraction of sp³-hybridized carbons (Fsp3) is 0.350. The molecule has 2 aromatic carbocycles. The van der Waals surface area contributed by atoms with E-state index in [9.17, 15) is 9.18 Å². The molecule has 24 heavy (non-hydrogen) atoms. The summed E-state index contributed by atoms with van der Waals surface area (Å²) < 4.78 is 20.4. The van der Waals surface area contributed by atoms with Gasteiger partial charge in [0.2, 0.25) is 0 Å². The number of rotatable bonds is 2. The van der Waals surface area contributed by atoms with Crippen molar-refractivity contribution in [3.63, 3.8) is 0 Å². The molecule has 2 aromatic rings. The summed E-state index contributed by atoms with van der Waals surface area (Å²) >= 11 is 0. The van der Waals surface area contributed by atoms with E-state index in [1.807, 2.05) is 12.1 Å². The first-order valence-electron chi connectivity index (χ1n) is 8.37. The van der Waals surface area contributed by atoms with Crippen molar-refractivity contribution in [3.8, 4) is 0 Å². The van der Waals surface area contributed by atoms with Gasteiger partial charge in [-0.05, 0) is 43.0 Å². The SMILES string of the molecule is CC(=O)c1c(F)cccc1N1CCOC2(CCc3ccccc32)C1. The average molecular weight is 325 g/mol. The monoisotopic (exact) mass is 325 g/mol. The van der Waals surface area contributed by atoms with E-state index < -0.39 is 5.82 Å². The Hall–Kier alpha value is -2.20. The number of halogens is 1. The number of hydrogen-bond donors (Lipinski definition) is 0. The molecule has 3 nitrogen and oxygen atoms in total. The Morgan fingerprint density at radius 2 is 2.04 bits per heavy atom. The Bertz CT molecular complexity index is 800. The zero-order valence-corrected chi connectivity index (χ0v) is 13.7. The molecule has 1 spiro atoms. The molecule has 1 aliphatic heterocycles. The highest BCUT2D eigenvalue weighted by molar-refractivity contribution is 6.00. The lowest BCUT2D eigenvalue weighted by Crippen LogP contribution is -2.49. The van der Waals surface area contributed by atoms with Gasteiger partial charge in [0.15, 0.2) is 5.78 Å². The van der Waals surface area contributed by atoms with E-state index in [0.29, 0.717) is 25.4 Å². The van der Waals surface area contributed by atoms with Crippen molar-refractivity contribution >= 4 is 11.5 Å². The van der Waals surface area contributed by atoms with E-state index in [2.05, 4.69) is 23.1 Å². The normalized spacial score (nSPS) is 22.7. The van der Waals surface area contributed by atoms with Gasteiger partial charge in [0.25, 0.3) is 0 Å². The van der Waals surface area contributed by atoms with Crippen molar-refractivity contribution in [2.75, 3.05) is 24.6 Å². The summed E-state index contributed by atoms with van der Waals surface area (Å²) in [5.74, 6) is -0.692. The molecule has 0 N–H and O–H groups in total. The smallest absolute Gasteiger partial charge is 0.164 e. The standard InChI is InChI=1S/C20H20FNO2/c1-14(23)19-17(21)7-4-8-18(19)22-11-12-24-20(13-22)10-9-15-5-2-3-6-16(15)20/h2-8H,9-13H2,1H3. The Labute approximate surface area is 141 Å². The maximum Gasteiger partial charge on any atom is 0.164 e. The Kier molecular flexibility index (Phi) is 3.65. The molecule has 1 atom stereocenters. The number of ketones is 1. The van der Waals surface area contributed by atoms with E-state index in [1.54, 1.807) is 6.07 Å². The second-order valence-corrected chi connectivity index (χ2v) is 6.61. The molecular weight excluding hydrogens is 305 g/mol. The average Bonchev–Trinajstić information content (AvgIpc) is 2.93. The van der Waals surface area contributed by atoms with Crippen LogP contribution in [0.1, 0.15) is 34.8 Å². The lowest BCUT2D eigenvalue weighted by atomic mass is 9.93. The second kappa shape index (κ2) is 5.71. The third kappa shape index (κ3) is 2.33. The number of benzene rings is 2. The van der Waals surface area contributed by atoms with Crippen molar-refractivity contribution in [3.05, 3.63) is 65.0 Å². The molecule has 124 valence electrons. The summed E-state index contributed by atoms with van der Waals surface area (Å²) in [6.45, 7) is 3.30. The largest absolute Gasteiger partial charge is 0.367 e. The van der Waals surface area contributed by atoms with Gasteiger partial charge in [-0.3, -0.25) is 4.79 Å². The highest BCUT2D eigenvalue weighted by Gasteiger charge is 2.43. The Morgan fingerprint density at radius 3 is 2.88 bits per heavy atom. The summed E-state index contributed by atoms with van der Waals surface area (Å²) in [6, 6.07) is 13.2. The summed E-state index contributed by atoms with van der Waals surface area (Å²) in [5.41, 5.74) is 3.06. The molecule has 1 heterocycles. The Morgan fingerprint density at radius 1 is 1.21 bits per heavy atom. The van der Waals surface area contributed by atoms with E-state index >= 15 is 0 Å². The van der Waals surface area contributed by atoms with E-state index in [1.165, 1.54) is 24.1 Å². The third-order valence-corrected chi connectivity index (χ3v) is 5.18. The number of fused-ring (bicyclic) bond motifs is 2. The van der Waals surface area contributed by atoms with Gasteiger partial charge >= 0.3 is 0 Å². The van der Waals surface area contributed by atoms with Gasteiger partial charge in [0.1, 0.15) is 11.4 Å². The van der Waals surface area contributed by atoms with Gasteiger partial charge in [0, 0.05) is 6.54 Å². The highest BCUT2D eigenvalue weighted by atomic mass is 19.1. The Balaban J connectivity index is 1.73. The summed E-state index contributed by atoms with van der Waals surface area (Å²) in [5, 5.41) is 0. The van der Waals surface area contributed by atoms with Gasteiger partial charge < -0.3 is 9.64 Å². The van der Waals surface area contributed by atoms with Crippen LogP contribution >= 0.6 is 0 Å². The summed E-state index contributed by atoms with van der Waals surface area (Å²) in [7, 11) is 0. The lowest BCUT2D eigenvalue weighted by Gasteiger charge is -2.42. The number of nitrogens with zero attached hydrogens (tertiary/aromatic N) is 1. The molecule has 0 radical (unpaired) electrons. The fourth-order valence-corrected chi connectivity index (χ4v) is 4.08. The van der Waals surface area contributed by atoms with Crippen molar-refractivity contribution < 1.29 is 13.9 Å². The molecule has 2 aliphatic rings. The number of hydrogen-bond acceptors (Lipinski definition) is 3. The zero-order chi connectivity index (χ0) is 16.7. The van der Waals surface area contributed by atoms with Gasteiger partial charge in [-0.15, -0.1) is 0 Å². The topological polar surface area (TPSA) is 29.5 Å². The van der Waals surface area contributed by atoms with Crippen LogP contribution < -0.4 is 4.90 Å². The molecule has 0 aromatic heterocycles. The van der Waals surface area contributed by atoms with Crippen molar-refractivity contribution in [2.45, 2.75) is 25.4 Å². The minimum atomic E-state index is -0.452. The lowest BCUT2D eigenvalue weighted by molar-refractivity contribution is -0.0592. The van der Waals surface area contributed by atoms with Crippen LogP contribution in [0.5, 0.6) is 0 Å². The predicted octanol–water partition coefficient (Wildman–Crippen LogP) is 3.71. The maximum absolute atomic E-state index is 14.2. The van der Waals surface area contributed by atoms with Crippen LogP contribution in [0.15, 0.2) is 42.5 Å². The molecule has 0 amide bonds. The first-order chi connectivity index (χ1) is 11.6. The number of aryl methyl sites for hydroxylation is 1. The molecule has 4 rings (SSSR count). The quantitative estimate of drug-likeness (QED) is 0.789. The number of carbonyl (C=O) groups excluding carboxylic acids is 1. The van der Waals surface area contributed by atoms with Crippen molar-refractivity contribution in [1.29, 1.82) is 0 Å². The number of carbonyl (C=O) groups is 1. The number of anilines is 1. The molecule has 1 saturated heterocycles. The maximum atomic E-state index is 14.2. The third-order valence-electron chi connectivity index (χ3n) is 5.18. The minimum Gasteiger partial charge on any atom is -0.367 e.